The first-order valence-corrected chi connectivity index (χ1v) is 3.04. The van der Waals surface area contributed by atoms with Crippen molar-refractivity contribution < 1.29 is 0 Å². The van der Waals surface area contributed by atoms with E-state index < -0.39 is 0 Å². The molecule has 0 bridgehead atoms. The van der Waals surface area contributed by atoms with E-state index in [2.05, 4.69) is 10.2 Å². The summed E-state index contributed by atoms with van der Waals surface area (Å²) in [7, 11) is 0. The van der Waals surface area contributed by atoms with E-state index >= 15 is 0 Å². The number of nitrogens with zero attached hydrogens (tertiary/aromatic N) is 3. The van der Waals surface area contributed by atoms with Gasteiger partial charge in [-0.25, -0.2) is 4.98 Å². The van der Waals surface area contributed by atoms with Crippen molar-refractivity contribution in [3.63, 3.8) is 0 Å². The summed E-state index contributed by atoms with van der Waals surface area (Å²) in [4.78, 5) is 13.5. The molecule has 11 heavy (non-hydrogen) atoms. The fraction of sp³-hybridized carbons (Fsp3) is 0. The van der Waals surface area contributed by atoms with Gasteiger partial charge >= 0.3 is 0 Å². The molecule has 0 fully saturated rings. The zero-order chi connectivity index (χ0) is 8.27. The minimum atomic E-state index is 0.0964. The lowest BCUT2D eigenvalue weighted by molar-refractivity contribution is 1.25. The number of nitroso groups, excluding NO2 is 1. The van der Waals surface area contributed by atoms with E-state index in [1.807, 2.05) is 0 Å². The maximum Gasteiger partial charge on any atom is 0.159 e. The van der Waals surface area contributed by atoms with E-state index in [4.69, 9.17) is 16.9 Å². The highest BCUT2D eigenvalue weighted by Crippen LogP contribution is 2.18. The summed E-state index contributed by atoms with van der Waals surface area (Å²) < 4.78 is 0. The van der Waals surface area contributed by atoms with Crippen LogP contribution in [0, 0.1) is 16.2 Å². The average Bonchev–Trinajstić information content (AvgIpc) is 2.04. The number of hydrogen-bond donors (Lipinski definition) is 0. The van der Waals surface area contributed by atoms with Gasteiger partial charge in [-0.2, -0.15) is 5.26 Å². The summed E-state index contributed by atoms with van der Waals surface area (Å²) in [5.41, 5.74) is 0.216. The van der Waals surface area contributed by atoms with Crippen molar-refractivity contribution in [2.24, 2.45) is 5.18 Å². The summed E-state index contributed by atoms with van der Waals surface area (Å²) >= 11 is 5.52. The van der Waals surface area contributed by atoms with E-state index in [1.165, 1.54) is 12.3 Å². The van der Waals surface area contributed by atoms with Gasteiger partial charge in [-0.05, 0) is 11.2 Å². The van der Waals surface area contributed by atoms with Crippen LogP contribution in [0.2, 0.25) is 5.02 Å². The molecule has 0 aliphatic rings. The molecule has 0 aromatic carbocycles. The lowest BCUT2D eigenvalue weighted by Gasteiger charge is -1.91. The van der Waals surface area contributed by atoms with Gasteiger partial charge in [0, 0.05) is 0 Å². The van der Waals surface area contributed by atoms with Crippen LogP contribution in [0.5, 0.6) is 0 Å². The van der Waals surface area contributed by atoms with Crippen molar-refractivity contribution in [2.45, 2.75) is 0 Å². The second-order valence-corrected chi connectivity index (χ2v) is 2.13. The second-order valence-electron chi connectivity index (χ2n) is 1.73. The molecular weight excluding hydrogens is 166 g/mol. The Morgan fingerprint density at radius 2 is 2.45 bits per heavy atom. The topological polar surface area (TPSA) is 66.1 Å². The molecule has 1 aromatic heterocycles. The van der Waals surface area contributed by atoms with Crippen LogP contribution in [0.25, 0.3) is 0 Å². The lowest BCUT2D eigenvalue weighted by Crippen LogP contribution is -1.81. The highest BCUT2D eigenvalue weighted by Gasteiger charge is 2.01. The fourth-order valence-corrected chi connectivity index (χ4v) is 0.763. The predicted octanol–water partition coefficient (Wildman–Crippen LogP) is 2.00. The van der Waals surface area contributed by atoms with Crippen LogP contribution in [0.3, 0.4) is 0 Å². The molecule has 54 valence electrons. The number of rotatable bonds is 1. The molecule has 0 atom stereocenters. The van der Waals surface area contributed by atoms with Gasteiger partial charge in [0.15, 0.2) is 5.69 Å². The zero-order valence-corrected chi connectivity index (χ0v) is 6.04. The maximum atomic E-state index is 9.93. The molecule has 1 rings (SSSR count). The highest BCUT2D eigenvalue weighted by atomic mass is 35.5. The summed E-state index contributed by atoms with van der Waals surface area (Å²) in [6.45, 7) is 0. The molecule has 0 saturated heterocycles. The molecular formula is C6H2ClN3O. The van der Waals surface area contributed by atoms with Gasteiger partial charge in [0.1, 0.15) is 11.8 Å². The smallest absolute Gasteiger partial charge is 0.159 e. The largest absolute Gasteiger partial charge is 0.242 e. The lowest BCUT2D eigenvalue weighted by atomic mass is 10.3. The Morgan fingerprint density at radius 3 is 2.91 bits per heavy atom. The van der Waals surface area contributed by atoms with Crippen molar-refractivity contribution >= 4 is 17.3 Å². The van der Waals surface area contributed by atoms with Crippen molar-refractivity contribution in [1.29, 1.82) is 5.26 Å². The summed E-state index contributed by atoms with van der Waals surface area (Å²) in [5.74, 6) is 0. The average molecular weight is 168 g/mol. The van der Waals surface area contributed by atoms with E-state index in [-0.39, 0.29) is 16.4 Å². The SMILES string of the molecule is N#Cc1ncc(N=O)cc1Cl. The molecule has 0 spiro atoms. The number of halogens is 1. The van der Waals surface area contributed by atoms with Crippen LogP contribution in [0.15, 0.2) is 17.4 Å². The number of nitriles is 1. The quantitative estimate of drug-likeness (QED) is 0.601. The first-order chi connectivity index (χ1) is 5.27. The van der Waals surface area contributed by atoms with Gasteiger partial charge in [-0.3, -0.25) is 0 Å². The molecule has 0 amide bonds. The Balaban J connectivity index is 3.22. The highest BCUT2D eigenvalue weighted by molar-refractivity contribution is 6.31. The summed E-state index contributed by atoms with van der Waals surface area (Å²) in [6.07, 6.45) is 1.19. The standard InChI is InChI=1S/C6H2ClN3O/c7-5-1-4(10-11)3-9-6(5)2-8/h1,3H. The van der Waals surface area contributed by atoms with Crippen LogP contribution < -0.4 is 0 Å². The molecule has 0 unspecified atom stereocenters. The normalized spacial score (nSPS) is 8.73. The molecule has 0 saturated carbocycles. The molecule has 5 heteroatoms. The molecule has 0 radical (unpaired) electrons. The molecule has 1 heterocycles. The van der Waals surface area contributed by atoms with Gasteiger partial charge < -0.3 is 0 Å². The first kappa shape index (κ1) is 7.63. The van der Waals surface area contributed by atoms with Crippen molar-refractivity contribution in [3.8, 4) is 6.07 Å². The van der Waals surface area contributed by atoms with Crippen LogP contribution >= 0.6 is 11.6 Å². The van der Waals surface area contributed by atoms with Gasteiger partial charge in [0.25, 0.3) is 0 Å². The van der Waals surface area contributed by atoms with Gasteiger partial charge in [-0.15, -0.1) is 4.91 Å². The molecule has 0 aliphatic carbocycles. The van der Waals surface area contributed by atoms with Crippen molar-refractivity contribution in [1.82, 2.24) is 4.98 Å². The van der Waals surface area contributed by atoms with Crippen LogP contribution in [-0.2, 0) is 0 Å². The zero-order valence-electron chi connectivity index (χ0n) is 5.28. The molecule has 0 N–H and O–H groups in total. The predicted molar refractivity (Wildman–Crippen MR) is 39.4 cm³/mol. The second kappa shape index (κ2) is 3.08. The third-order valence-corrected chi connectivity index (χ3v) is 1.33. The van der Waals surface area contributed by atoms with Crippen LogP contribution in [0.4, 0.5) is 5.69 Å². The van der Waals surface area contributed by atoms with Crippen molar-refractivity contribution in [3.05, 3.63) is 27.9 Å². The van der Waals surface area contributed by atoms with Gasteiger partial charge in [0.05, 0.1) is 11.2 Å². The van der Waals surface area contributed by atoms with Crippen LogP contribution in [-0.4, -0.2) is 4.98 Å². The summed E-state index contributed by atoms with van der Waals surface area (Å²) in [6, 6.07) is 3.05. The minimum Gasteiger partial charge on any atom is -0.242 e. The maximum absolute atomic E-state index is 9.93. The first-order valence-electron chi connectivity index (χ1n) is 2.67. The monoisotopic (exact) mass is 167 g/mol. The van der Waals surface area contributed by atoms with Gasteiger partial charge in [-0.1, -0.05) is 11.6 Å². The Kier molecular flexibility index (Phi) is 2.14. The Hall–Kier alpha value is -1.47. The van der Waals surface area contributed by atoms with Crippen LogP contribution in [0.1, 0.15) is 5.69 Å². The van der Waals surface area contributed by atoms with E-state index in [0.717, 1.165) is 0 Å². The Bertz CT molecular complexity index is 331. The van der Waals surface area contributed by atoms with Gasteiger partial charge in [0.2, 0.25) is 0 Å². The number of pyridine rings is 1. The van der Waals surface area contributed by atoms with E-state index in [9.17, 15) is 4.91 Å². The molecule has 1 aromatic rings. The fourth-order valence-electron chi connectivity index (χ4n) is 0.560. The van der Waals surface area contributed by atoms with E-state index in [1.54, 1.807) is 6.07 Å². The molecule has 4 nitrogen and oxygen atoms in total. The number of aromatic nitrogens is 1. The minimum absolute atomic E-state index is 0.0964. The third kappa shape index (κ3) is 1.51. The Labute approximate surface area is 67.4 Å². The van der Waals surface area contributed by atoms with Crippen molar-refractivity contribution in [2.75, 3.05) is 0 Å². The third-order valence-electron chi connectivity index (χ3n) is 1.04. The molecule has 0 aliphatic heterocycles. The van der Waals surface area contributed by atoms with E-state index in [0.29, 0.717) is 0 Å². The number of hydrogen-bond acceptors (Lipinski definition) is 4. The Morgan fingerprint density at radius 1 is 1.73 bits per heavy atom. The summed E-state index contributed by atoms with van der Waals surface area (Å²) in [5, 5.41) is 11.1.